The molecule has 0 radical (unpaired) electrons. The lowest BCUT2D eigenvalue weighted by Gasteiger charge is -2.10. The van der Waals surface area contributed by atoms with Crippen LogP contribution in [-0.2, 0) is 4.74 Å². The summed E-state index contributed by atoms with van der Waals surface area (Å²) >= 11 is 1.71. The van der Waals surface area contributed by atoms with Gasteiger partial charge in [0.05, 0.1) is 19.3 Å². The molecule has 12 heavy (non-hydrogen) atoms. The van der Waals surface area contributed by atoms with Crippen LogP contribution in [0.4, 0.5) is 0 Å². The smallest absolute Gasteiger partial charge is 0.0872 e. The summed E-state index contributed by atoms with van der Waals surface area (Å²) < 4.78 is 5.20. The Hall–Kier alpha value is -0.380. The summed E-state index contributed by atoms with van der Waals surface area (Å²) in [6, 6.07) is 2.09. The fourth-order valence-corrected chi connectivity index (χ4v) is 2.63. The zero-order chi connectivity index (χ0) is 8.55. The van der Waals surface area contributed by atoms with E-state index in [0.717, 1.165) is 0 Å². The highest BCUT2D eigenvalue weighted by Crippen LogP contribution is 2.31. The van der Waals surface area contributed by atoms with Crippen molar-refractivity contribution >= 4 is 11.3 Å². The average molecular weight is 184 g/mol. The van der Waals surface area contributed by atoms with E-state index in [0.29, 0.717) is 13.2 Å². The summed E-state index contributed by atoms with van der Waals surface area (Å²) in [5.41, 5.74) is 1.27. The fraction of sp³-hybridized carbons (Fsp3) is 0.556. The maximum Gasteiger partial charge on any atom is 0.0872 e. The van der Waals surface area contributed by atoms with Gasteiger partial charge in [0.1, 0.15) is 0 Å². The van der Waals surface area contributed by atoms with Crippen LogP contribution >= 0.6 is 11.3 Å². The van der Waals surface area contributed by atoms with Crippen LogP contribution in [0.25, 0.3) is 0 Å². The normalized spacial score (nSPS) is 29.5. The SMILES string of the molecule is Cc1ccsc1C1COCC1O. The van der Waals surface area contributed by atoms with Crippen LogP contribution < -0.4 is 0 Å². The van der Waals surface area contributed by atoms with E-state index in [4.69, 9.17) is 4.74 Å². The van der Waals surface area contributed by atoms with Crippen molar-refractivity contribution in [1.29, 1.82) is 0 Å². The van der Waals surface area contributed by atoms with Crippen molar-refractivity contribution in [3.63, 3.8) is 0 Å². The zero-order valence-electron chi connectivity index (χ0n) is 6.99. The summed E-state index contributed by atoms with van der Waals surface area (Å²) in [7, 11) is 0. The van der Waals surface area contributed by atoms with Crippen molar-refractivity contribution in [2.45, 2.75) is 18.9 Å². The minimum Gasteiger partial charge on any atom is -0.390 e. The van der Waals surface area contributed by atoms with Gasteiger partial charge < -0.3 is 9.84 Å². The molecule has 66 valence electrons. The summed E-state index contributed by atoms with van der Waals surface area (Å²) in [5, 5.41) is 11.6. The molecule has 1 aliphatic rings. The van der Waals surface area contributed by atoms with E-state index < -0.39 is 0 Å². The van der Waals surface area contributed by atoms with Gasteiger partial charge in [-0.25, -0.2) is 0 Å². The minimum absolute atomic E-state index is 0.213. The highest BCUT2D eigenvalue weighted by Gasteiger charge is 2.29. The van der Waals surface area contributed by atoms with Crippen molar-refractivity contribution in [2.24, 2.45) is 0 Å². The summed E-state index contributed by atoms with van der Waals surface area (Å²) in [6.45, 7) is 3.24. The number of hydrogen-bond acceptors (Lipinski definition) is 3. The van der Waals surface area contributed by atoms with Gasteiger partial charge in [0.15, 0.2) is 0 Å². The Bertz CT molecular complexity index is 269. The van der Waals surface area contributed by atoms with Crippen LogP contribution in [-0.4, -0.2) is 24.4 Å². The maximum atomic E-state index is 9.57. The van der Waals surface area contributed by atoms with Gasteiger partial charge in [-0.05, 0) is 23.9 Å². The molecule has 2 heterocycles. The molecule has 0 bridgehead atoms. The molecule has 1 saturated heterocycles. The lowest BCUT2D eigenvalue weighted by molar-refractivity contribution is 0.125. The molecule has 1 fully saturated rings. The molecular formula is C9H12O2S. The van der Waals surface area contributed by atoms with Gasteiger partial charge in [-0.3, -0.25) is 0 Å². The average Bonchev–Trinajstić information content (AvgIpc) is 2.59. The number of aliphatic hydroxyl groups is 1. The Morgan fingerprint density at radius 3 is 2.92 bits per heavy atom. The number of ether oxygens (including phenoxy) is 1. The lowest BCUT2D eigenvalue weighted by atomic mass is 10.0. The van der Waals surface area contributed by atoms with Gasteiger partial charge in [0, 0.05) is 10.8 Å². The fourth-order valence-electron chi connectivity index (χ4n) is 1.56. The van der Waals surface area contributed by atoms with E-state index in [2.05, 4.69) is 18.4 Å². The van der Waals surface area contributed by atoms with Crippen LogP contribution in [0.5, 0.6) is 0 Å². The van der Waals surface area contributed by atoms with E-state index >= 15 is 0 Å². The van der Waals surface area contributed by atoms with Crippen LogP contribution in [0.3, 0.4) is 0 Å². The quantitative estimate of drug-likeness (QED) is 0.717. The van der Waals surface area contributed by atoms with Crippen molar-refractivity contribution in [1.82, 2.24) is 0 Å². The summed E-state index contributed by atoms with van der Waals surface area (Å²) in [6.07, 6.45) is -0.303. The molecule has 1 aromatic rings. The molecule has 1 aliphatic heterocycles. The predicted molar refractivity (Wildman–Crippen MR) is 48.6 cm³/mol. The molecule has 0 amide bonds. The van der Waals surface area contributed by atoms with E-state index in [9.17, 15) is 5.11 Å². The van der Waals surface area contributed by atoms with E-state index in [1.807, 2.05) is 0 Å². The Labute approximate surface area is 75.8 Å². The van der Waals surface area contributed by atoms with Crippen molar-refractivity contribution in [2.75, 3.05) is 13.2 Å². The van der Waals surface area contributed by atoms with Crippen LogP contribution in [0.15, 0.2) is 11.4 Å². The number of aryl methyl sites for hydroxylation is 1. The molecule has 2 rings (SSSR count). The van der Waals surface area contributed by atoms with E-state index in [1.54, 1.807) is 11.3 Å². The number of thiophene rings is 1. The van der Waals surface area contributed by atoms with Gasteiger partial charge in [-0.2, -0.15) is 0 Å². The second-order valence-corrected chi connectivity index (χ2v) is 4.13. The van der Waals surface area contributed by atoms with Gasteiger partial charge in [-0.1, -0.05) is 0 Å². The van der Waals surface area contributed by atoms with E-state index in [1.165, 1.54) is 10.4 Å². The van der Waals surface area contributed by atoms with Crippen LogP contribution in [0.2, 0.25) is 0 Å². The molecule has 2 atom stereocenters. The van der Waals surface area contributed by atoms with Gasteiger partial charge in [0.25, 0.3) is 0 Å². The first-order chi connectivity index (χ1) is 5.79. The van der Waals surface area contributed by atoms with Gasteiger partial charge in [-0.15, -0.1) is 11.3 Å². The van der Waals surface area contributed by atoms with E-state index in [-0.39, 0.29) is 12.0 Å². The largest absolute Gasteiger partial charge is 0.390 e. The first kappa shape index (κ1) is 8.23. The molecule has 1 aromatic heterocycles. The zero-order valence-corrected chi connectivity index (χ0v) is 7.80. The third-order valence-electron chi connectivity index (χ3n) is 2.29. The monoisotopic (exact) mass is 184 g/mol. The third-order valence-corrected chi connectivity index (χ3v) is 3.44. The Morgan fingerprint density at radius 1 is 1.58 bits per heavy atom. The standard InChI is InChI=1S/C9H12O2S/c1-6-2-3-12-9(6)7-4-11-5-8(7)10/h2-3,7-8,10H,4-5H2,1H3. The number of aliphatic hydroxyl groups excluding tert-OH is 1. The number of rotatable bonds is 1. The van der Waals surface area contributed by atoms with Gasteiger partial charge >= 0.3 is 0 Å². The molecule has 0 saturated carbocycles. The molecule has 2 unspecified atom stereocenters. The Morgan fingerprint density at radius 2 is 2.42 bits per heavy atom. The molecule has 1 N–H and O–H groups in total. The number of hydrogen-bond donors (Lipinski definition) is 1. The van der Waals surface area contributed by atoms with Crippen molar-refractivity contribution < 1.29 is 9.84 Å². The maximum absolute atomic E-state index is 9.57. The molecule has 0 aromatic carbocycles. The third kappa shape index (κ3) is 1.28. The highest BCUT2D eigenvalue weighted by atomic mass is 32.1. The minimum atomic E-state index is -0.303. The first-order valence-electron chi connectivity index (χ1n) is 4.09. The lowest BCUT2D eigenvalue weighted by Crippen LogP contribution is -2.15. The van der Waals surface area contributed by atoms with Crippen molar-refractivity contribution in [3.05, 3.63) is 21.9 Å². The first-order valence-corrected chi connectivity index (χ1v) is 4.97. The topological polar surface area (TPSA) is 29.5 Å². The van der Waals surface area contributed by atoms with Gasteiger partial charge in [0.2, 0.25) is 0 Å². The Kier molecular flexibility index (Phi) is 2.17. The molecule has 3 heteroatoms. The predicted octanol–water partition coefficient (Wildman–Crippen LogP) is 1.53. The second-order valence-electron chi connectivity index (χ2n) is 3.18. The van der Waals surface area contributed by atoms with Crippen LogP contribution in [0, 0.1) is 6.92 Å². The van der Waals surface area contributed by atoms with Crippen molar-refractivity contribution in [3.8, 4) is 0 Å². The molecule has 2 nitrogen and oxygen atoms in total. The molecular weight excluding hydrogens is 172 g/mol. The summed E-state index contributed by atoms with van der Waals surface area (Å²) in [5.74, 6) is 0.213. The Balaban J connectivity index is 2.24. The summed E-state index contributed by atoms with van der Waals surface area (Å²) in [4.78, 5) is 1.28. The molecule has 0 aliphatic carbocycles. The van der Waals surface area contributed by atoms with Crippen LogP contribution in [0.1, 0.15) is 16.4 Å². The molecule has 0 spiro atoms. The highest BCUT2D eigenvalue weighted by molar-refractivity contribution is 7.10. The second kappa shape index (κ2) is 3.17.